The molecule has 1 atom stereocenters. The third-order valence-electron chi connectivity index (χ3n) is 6.86. The Hall–Kier alpha value is -3.23. The number of alkyl halides is 2. The van der Waals surface area contributed by atoms with Crippen LogP contribution in [0.25, 0.3) is 0 Å². The Morgan fingerprint density at radius 1 is 1.07 bits per heavy atom. The smallest absolute Gasteiger partial charge is 0.387 e. The molecule has 0 aliphatic heterocycles. The van der Waals surface area contributed by atoms with Crippen molar-refractivity contribution >= 4 is 39.2 Å². The number of nitrogens with one attached hydrogen (secondary N) is 1. The number of hydrogen-bond acceptors (Lipinski definition) is 9. The number of rotatable bonds is 16. The molecule has 0 amide bonds. The van der Waals surface area contributed by atoms with Gasteiger partial charge in [-0.3, -0.25) is 4.98 Å². The first-order chi connectivity index (χ1) is 21.4. The summed E-state index contributed by atoms with van der Waals surface area (Å²) in [6.07, 6.45) is 3.60. The molecule has 45 heavy (non-hydrogen) atoms. The summed E-state index contributed by atoms with van der Waals surface area (Å²) in [5.74, 6) is -0.653. The Labute approximate surface area is 270 Å². The van der Waals surface area contributed by atoms with E-state index in [1.807, 2.05) is 4.90 Å². The number of hydrogen-bond donors (Lipinski definition) is 1. The van der Waals surface area contributed by atoms with E-state index in [1.165, 1.54) is 49.8 Å². The first-order valence-electron chi connectivity index (χ1n) is 13.9. The molecule has 1 heterocycles. The van der Waals surface area contributed by atoms with Crippen molar-refractivity contribution < 1.29 is 40.9 Å². The molecule has 15 heteroatoms. The number of pyridine rings is 1. The van der Waals surface area contributed by atoms with Crippen LogP contribution in [-0.4, -0.2) is 71.8 Å². The van der Waals surface area contributed by atoms with Crippen LogP contribution in [0.15, 0.2) is 53.7 Å². The van der Waals surface area contributed by atoms with Crippen LogP contribution in [0, 0.1) is 5.92 Å². The van der Waals surface area contributed by atoms with Crippen molar-refractivity contribution in [1.82, 2.24) is 14.6 Å². The minimum absolute atomic E-state index is 0.0304. The van der Waals surface area contributed by atoms with Gasteiger partial charge in [-0.2, -0.15) is 8.78 Å². The number of esters is 1. The van der Waals surface area contributed by atoms with Crippen LogP contribution in [0.2, 0.25) is 10.0 Å². The minimum Gasteiger partial charge on any atom is -0.495 e. The highest BCUT2D eigenvalue weighted by molar-refractivity contribution is 7.89. The molecule has 244 valence electrons. The fourth-order valence-corrected chi connectivity index (χ4v) is 5.99. The van der Waals surface area contributed by atoms with Gasteiger partial charge in [-0.05, 0) is 74.3 Å². The van der Waals surface area contributed by atoms with Crippen molar-refractivity contribution in [3.63, 3.8) is 0 Å². The molecule has 1 fully saturated rings. The zero-order valence-electron chi connectivity index (χ0n) is 24.8. The first-order valence-corrected chi connectivity index (χ1v) is 16.1. The number of carbonyl (C=O) groups is 1. The number of likely N-dealkylation sites (N-methyl/N-ethyl adjacent to an activating group) is 1. The van der Waals surface area contributed by atoms with E-state index in [2.05, 4.69) is 14.4 Å². The van der Waals surface area contributed by atoms with Crippen LogP contribution < -0.4 is 18.9 Å². The van der Waals surface area contributed by atoms with Gasteiger partial charge in [0, 0.05) is 31.9 Å². The maximum Gasteiger partial charge on any atom is 0.387 e. The van der Waals surface area contributed by atoms with E-state index < -0.39 is 28.7 Å². The van der Waals surface area contributed by atoms with Crippen LogP contribution in [0.3, 0.4) is 0 Å². The number of halogens is 4. The van der Waals surface area contributed by atoms with Gasteiger partial charge in [0.25, 0.3) is 0 Å². The van der Waals surface area contributed by atoms with Crippen LogP contribution in [0.1, 0.15) is 40.4 Å². The van der Waals surface area contributed by atoms with Gasteiger partial charge in [0.1, 0.15) is 16.7 Å². The molecule has 0 radical (unpaired) electrons. The SMILES string of the molecule is COc1ccc(C(=O)O[C@@H](Cc2c(Cl)cncc2Cl)c2ccc(OC(F)F)c(OCC3CC3)c2)cc1S(=O)(=O)NCCN(C)C. The molecule has 1 aliphatic carbocycles. The van der Waals surface area contributed by atoms with Gasteiger partial charge < -0.3 is 23.8 Å². The summed E-state index contributed by atoms with van der Waals surface area (Å²) >= 11 is 12.8. The van der Waals surface area contributed by atoms with Crippen molar-refractivity contribution in [2.45, 2.75) is 36.9 Å². The first kappa shape index (κ1) is 34.6. The van der Waals surface area contributed by atoms with Crippen molar-refractivity contribution in [3.05, 3.63) is 75.5 Å². The minimum atomic E-state index is -4.07. The molecule has 2 aromatic carbocycles. The summed E-state index contributed by atoms with van der Waals surface area (Å²) in [5, 5.41) is 0.432. The van der Waals surface area contributed by atoms with Crippen molar-refractivity contribution in [2.24, 2.45) is 5.92 Å². The van der Waals surface area contributed by atoms with Gasteiger partial charge in [0.15, 0.2) is 11.5 Å². The fourth-order valence-electron chi connectivity index (χ4n) is 4.26. The van der Waals surface area contributed by atoms with Crippen molar-refractivity contribution in [3.8, 4) is 17.2 Å². The topological polar surface area (TPSA) is 116 Å². The van der Waals surface area contributed by atoms with E-state index in [1.54, 1.807) is 14.1 Å². The summed E-state index contributed by atoms with van der Waals surface area (Å²) < 4.78 is 76.6. The molecule has 1 aromatic heterocycles. The Balaban J connectivity index is 1.69. The average Bonchev–Trinajstić information content (AvgIpc) is 3.81. The molecular formula is C30H33Cl2F2N3O7S. The number of carbonyl (C=O) groups excluding carboxylic acids is 1. The number of methoxy groups -OCH3 is 1. The molecule has 4 rings (SSSR count). The van der Waals surface area contributed by atoms with Crippen molar-refractivity contribution in [1.29, 1.82) is 0 Å². The summed E-state index contributed by atoms with van der Waals surface area (Å²) in [6.45, 7) is -2.21. The monoisotopic (exact) mass is 687 g/mol. The molecule has 0 spiro atoms. The standard InChI is InChI=1S/C30H33Cl2F2N3O7S/c1-37(2)11-10-36-45(39,40)28-13-20(7-9-25(28)41-3)29(38)43-26(14-21-22(31)15-35-16-23(21)32)19-6-8-24(44-30(33)34)27(12-19)42-17-18-4-5-18/h6-9,12-13,15-16,18,26,30,36H,4-5,10-11,14,17H2,1-3H3/t26-/m0/s1. The molecule has 0 unspecified atom stereocenters. The highest BCUT2D eigenvalue weighted by atomic mass is 35.5. The van der Waals surface area contributed by atoms with Crippen LogP contribution in [0.5, 0.6) is 17.2 Å². The van der Waals surface area contributed by atoms with E-state index in [4.69, 9.17) is 37.4 Å². The van der Waals surface area contributed by atoms with Crippen LogP contribution in [-0.2, 0) is 21.2 Å². The van der Waals surface area contributed by atoms with Gasteiger partial charge in [0.2, 0.25) is 10.0 Å². The molecule has 1 saturated carbocycles. The lowest BCUT2D eigenvalue weighted by molar-refractivity contribution is -0.0515. The number of ether oxygens (including phenoxy) is 4. The fraction of sp³-hybridized carbons (Fsp3) is 0.400. The zero-order chi connectivity index (χ0) is 32.7. The second-order valence-electron chi connectivity index (χ2n) is 10.6. The van der Waals surface area contributed by atoms with Gasteiger partial charge in [0.05, 0.1) is 29.3 Å². The molecule has 1 N–H and O–H groups in total. The third kappa shape index (κ3) is 9.63. The highest BCUT2D eigenvalue weighted by Gasteiger charge is 2.27. The molecular weight excluding hydrogens is 655 g/mol. The number of benzene rings is 2. The Morgan fingerprint density at radius 2 is 1.76 bits per heavy atom. The van der Waals surface area contributed by atoms with Gasteiger partial charge in [-0.25, -0.2) is 17.9 Å². The van der Waals surface area contributed by atoms with E-state index in [0.29, 0.717) is 30.2 Å². The Morgan fingerprint density at radius 3 is 2.38 bits per heavy atom. The maximum absolute atomic E-state index is 13.6. The lowest BCUT2D eigenvalue weighted by atomic mass is 10.0. The van der Waals surface area contributed by atoms with Crippen LogP contribution >= 0.6 is 23.2 Å². The van der Waals surface area contributed by atoms with Gasteiger partial charge in [-0.15, -0.1) is 0 Å². The number of nitrogens with zero attached hydrogens (tertiary/aromatic N) is 2. The lowest BCUT2D eigenvalue weighted by Crippen LogP contribution is -2.31. The van der Waals surface area contributed by atoms with E-state index in [0.717, 1.165) is 18.9 Å². The second kappa shape index (κ2) is 15.4. The summed E-state index contributed by atoms with van der Waals surface area (Å²) in [7, 11) is 0.850. The average molecular weight is 689 g/mol. The van der Waals surface area contributed by atoms with Crippen LogP contribution in [0.4, 0.5) is 8.78 Å². The quantitative estimate of drug-likeness (QED) is 0.187. The molecule has 0 bridgehead atoms. The number of sulfonamides is 1. The highest BCUT2D eigenvalue weighted by Crippen LogP contribution is 2.38. The second-order valence-corrected chi connectivity index (χ2v) is 13.1. The van der Waals surface area contributed by atoms with Gasteiger partial charge in [-0.1, -0.05) is 29.3 Å². The summed E-state index contributed by atoms with van der Waals surface area (Å²) in [6, 6.07) is 8.10. The Kier molecular flexibility index (Phi) is 11.8. The van der Waals surface area contributed by atoms with E-state index in [-0.39, 0.29) is 50.7 Å². The lowest BCUT2D eigenvalue weighted by Gasteiger charge is -2.22. The van der Waals surface area contributed by atoms with Crippen molar-refractivity contribution in [2.75, 3.05) is 40.9 Å². The molecule has 3 aromatic rings. The summed E-state index contributed by atoms with van der Waals surface area (Å²) in [4.78, 5) is 19.1. The predicted molar refractivity (Wildman–Crippen MR) is 164 cm³/mol. The van der Waals surface area contributed by atoms with E-state index in [9.17, 15) is 22.0 Å². The molecule has 10 nitrogen and oxygen atoms in total. The van der Waals surface area contributed by atoms with Gasteiger partial charge >= 0.3 is 12.6 Å². The summed E-state index contributed by atoms with van der Waals surface area (Å²) in [5.41, 5.74) is 0.706. The molecule has 0 saturated heterocycles. The zero-order valence-corrected chi connectivity index (χ0v) is 27.1. The normalized spacial score (nSPS) is 14.0. The maximum atomic E-state index is 13.6. The Bertz CT molecular complexity index is 1590. The third-order valence-corrected chi connectivity index (χ3v) is 8.99. The van der Waals surface area contributed by atoms with E-state index >= 15 is 0 Å². The largest absolute Gasteiger partial charge is 0.495 e. The molecule has 1 aliphatic rings. The predicted octanol–water partition coefficient (Wildman–Crippen LogP) is 5.77. The number of aromatic nitrogens is 1.